The number of carbonyl (C=O) groups excluding carboxylic acids is 3. The van der Waals surface area contributed by atoms with E-state index in [1.54, 1.807) is 0 Å². The van der Waals surface area contributed by atoms with Gasteiger partial charge in [0.1, 0.15) is 23.7 Å². The topological polar surface area (TPSA) is 112 Å². The van der Waals surface area contributed by atoms with Gasteiger partial charge in [0, 0.05) is 10.9 Å². The summed E-state index contributed by atoms with van der Waals surface area (Å²) in [7, 11) is 0. The maximum absolute atomic E-state index is 13.7. The number of benzene rings is 3. The number of hydrogen-bond acceptors (Lipinski definition) is 5. The average Bonchev–Trinajstić information content (AvgIpc) is 3.16. The first kappa shape index (κ1) is 20.8. The van der Waals surface area contributed by atoms with Crippen LogP contribution >= 0.6 is 0 Å². The highest BCUT2D eigenvalue weighted by Crippen LogP contribution is 2.31. The summed E-state index contributed by atoms with van der Waals surface area (Å²) < 4.78 is 24.3. The number of primary amides is 1. The van der Waals surface area contributed by atoms with Crippen molar-refractivity contribution in [2.75, 3.05) is 5.32 Å². The molecule has 0 aliphatic carbocycles. The molecule has 0 radical (unpaired) electrons. The Bertz CT molecular complexity index is 1330. The normalized spacial score (nSPS) is 10.7. The van der Waals surface area contributed by atoms with Crippen molar-refractivity contribution < 1.29 is 27.9 Å². The van der Waals surface area contributed by atoms with Crippen LogP contribution in [0.2, 0.25) is 0 Å². The molecule has 0 aliphatic heterocycles. The molecule has 0 fully saturated rings. The smallest absolute Gasteiger partial charge is 0.338 e. The van der Waals surface area contributed by atoms with Gasteiger partial charge < -0.3 is 20.2 Å². The summed E-state index contributed by atoms with van der Waals surface area (Å²) in [6.45, 7) is 0.0879. The van der Waals surface area contributed by atoms with Crippen LogP contribution in [0.15, 0.2) is 77.2 Å². The van der Waals surface area contributed by atoms with Gasteiger partial charge in [-0.3, -0.25) is 9.59 Å². The summed E-state index contributed by atoms with van der Waals surface area (Å²) in [6, 6.07) is 18.7. The summed E-state index contributed by atoms with van der Waals surface area (Å²) in [5, 5.41) is 2.72. The first-order valence-corrected chi connectivity index (χ1v) is 9.56. The minimum Gasteiger partial charge on any atom is -0.457 e. The molecule has 0 atom stereocenters. The van der Waals surface area contributed by atoms with Crippen molar-refractivity contribution in [3.63, 3.8) is 0 Å². The highest BCUT2D eigenvalue weighted by Gasteiger charge is 2.22. The molecule has 7 nitrogen and oxygen atoms in total. The molecule has 3 aromatic carbocycles. The fourth-order valence-electron chi connectivity index (χ4n) is 3.15. The zero-order valence-electron chi connectivity index (χ0n) is 16.6. The van der Waals surface area contributed by atoms with Gasteiger partial charge in [0.15, 0.2) is 0 Å². The third kappa shape index (κ3) is 4.34. The van der Waals surface area contributed by atoms with E-state index >= 15 is 0 Å². The summed E-state index contributed by atoms with van der Waals surface area (Å²) in [4.78, 5) is 37.0. The quantitative estimate of drug-likeness (QED) is 0.442. The third-order valence-corrected chi connectivity index (χ3v) is 4.69. The average molecular weight is 432 g/mol. The van der Waals surface area contributed by atoms with Crippen molar-refractivity contribution in [2.24, 2.45) is 5.73 Å². The molecule has 1 heterocycles. The van der Waals surface area contributed by atoms with Crippen LogP contribution in [0.25, 0.3) is 11.0 Å². The lowest BCUT2D eigenvalue weighted by Crippen LogP contribution is -2.17. The van der Waals surface area contributed by atoms with Crippen LogP contribution in [-0.4, -0.2) is 17.8 Å². The molecular formula is C24H17FN2O5. The Morgan fingerprint density at radius 3 is 2.44 bits per heavy atom. The van der Waals surface area contributed by atoms with Gasteiger partial charge >= 0.3 is 5.97 Å². The van der Waals surface area contributed by atoms with Crippen LogP contribution in [0.5, 0.6) is 0 Å². The number of esters is 1. The van der Waals surface area contributed by atoms with Crippen LogP contribution in [0.4, 0.5) is 10.1 Å². The van der Waals surface area contributed by atoms with E-state index < -0.39 is 23.6 Å². The summed E-state index contributed by atoms with van der Waals surface area (Å²) in [5.41, 5.74) is 6.60. The number of anilines is 1. The summed E-state index contributed by atoms with van der Waals surface area (Å²) >= 11 is 0. The van der Waals surface area contributed by atoms with Crippen molar-refractivity contribution >= 4 is 34.4 Å². The number of nitrogens with two attached hydrogens (primary N) is 1. The number of furan rings is 1. The van der Waals surface area contributed by atoms with Gasteiger partial charge in [0.2, 0.25) is 5.76 Å². The Morgan fingerprint density at radius 1 is 0.938 bits per heavy atom. The van der Waals surface area contributed by atoms with Crippen LogP contribution in [0, 0.1) is 5.82 Å². The number of rotatable bonds is 6. The van der Waals surface area contributed by atoms with Gasteiger partial charge in [0.05, 0.1) is 5.56 Å². The van der Waals surface area contributed by atoms with Gasteiger partial charge in [-0.2, -0.15) is 0 Å². The number of amides is 2. The maximum Gasteiger partial charge on any atom is 0.338 e. The molecule has 3 N–H and O–H groups in total. The second-order valence-electron chi connectivity index (χ2n) is 6.91. The van der Waals surface area contributed by atoms with Crippen LogP contribution in [0.1, 0.15) is 36.8 Å². The van der Waals surface area contributed by atoms with E-state index in [1.165, 1.54) is 30.3 Å². The molecule has 4 aromatic rings. The standard InChI is InChI=1S/C24H17FN2O5/c25-17-9-10-19-18(12-17)20(21(32-19)22(26)28)27-23(29)15-7-4-8-16(11-15)24(30)31-13-14-5-2-1-3-6-14/h1-12H,13H2,(H2,26,28)(H,27,29). The van der Waals surface area contributed by atoms with E-state index in [0.717, 1.165) is 17.7 Å². The second kappa shape index (κ2) is 8.73. The molecule has 8 heteroatoms. The molecule has 160 valence electrons. The van der Waals surface area contributed by atoms with Gasteiger partial charge in [-0.05, 0) is 42.0 Å². The van der Waals surface area contributed by atoms with Crippen LogP contribution in [0.3, 0.4) is 0 Å². The fraction of sp³-hybridized carbons (Fsp3) is 0.0417. The lowest BCUT2D eigenvalue weighted by Gasteiger charge is -2.08. The number of hydrogen-bond donors (Lipinski definition) is 2. The van der Waals surface area contributed by atoms with Gasteiger partial charge in [0.25, 0.3) is 11.8 Å². The van der Waals surface area contributed by atoms with E-state index in [1.807, 2.05) is 30.3 Å². The van der Waals surface area contributed by atoms with Crippen molar-refractivity contribution in [2.45, 2.75) is 6.61 Å². The number of fused-ring (bicyclic) bond motifs is 1. The molecule has 0 spiro atoms. The van der Waals surface area contributed by atoms with Crippen LogP contribution in [-0.2, 0) is 11.3 Å². The summed E-state index contributed by atoms with van der Waals surface area (Å²) in [5.74, 6) is -3.05. The predicted molar refractivity (Wildman–Crippen MR) is 115 cm³/mol. The van der Waals surface area contributed by atoms with Crippen molar-refractivity contribution in [1.82, 2.24) is 0 Å². The molecule has 0 saturated heterocycles. The Labute approximate surface area is 181 Å². The predicted octanol–water partition coefficient (Wildman–Crippen LogP) is 4.28. The number of nitrogens with one attached hydrogen (secondary N) is 1. The Balaban J connectivity index is 1.56. The Morgan fingerprint density at radius 2 is 1.69 bits per heavy atom. The maximum atomic E-state index is 13.7. The molecule has 0 saturated carbocycles. The lowest BCUT2D eigenvalue weighted by molar-refractivity contribution is 0.0472. The first-order chi connectivity index (χ1) is 15.4. The second-order valence-corrected chi connectivity index (χ2v) is 6.91. The minimum atomic E-state index is -0.921. The Kier molecular flexibility index (Phi) is 5.67. The number of carbonyl (C=O) groups is 3. The summed E-state index contributed by atoms with van der Waals surface area (Å²) in [6.07, 6.45) is 0. The Hall–Kier alpha value is -4.46. The third-order valence-electron chi connectivity index (χ3n) is 4.69. The van der Waals surface area contributed by atoms with Gasteiger partial charge in [-0.1, -0.05) is 36.4 Å². The molecule has 4 rings (SSSR count). The largest absolute Gasteiger partial charge is 0.457 e. The molecule has 2 amide bonds. The van der Waals surface area contributed by atoms with Crippen molar-refractivity contribution in [3.8, 4) is 0 Å². The fourth-order valence-corrected chi connectivity index (χ4v) is 3.15. The lowest BCUT2D eigenvalue weighted by atomic mass is 10.1. The minimum absolute atomic E-state index is 0.0472. The molecule has 0 bridgehead atoms. The van der Waals surface area contributed by atoms with E-state index in [2.05, 4.69) is 5.32 Å². The van der Waals surface area contributed by atoms with E-state index in [4.69, 9.17) is 14.9 Å². The number of halogens is 1. The SMILES string of the molecule is NC(=O)c1oc2ccc(F)cc2c1NC(=O)c1cccc(C(=O)OCc2ccccc2)c1. The highest BCUT2D eigenvalue weighted by molar-refractivity contribution is 6.14. The molecular weight excluding hydrogens is 415 g/mol. The first-order valence-electron chi connectivity index (χ1n) is 9.56. The van der Waals surface area contributed by atoms with Crippen LogP contribution < -0.4 is 11.1 Å². The van der Waals surface area contributed by atoms with Gasteiger partial charge in [-0.25, -0.2) is 9.18 Å². The zero-order valence-corrected chi connectivity index (χ0v) is 16.6. The number of ether oxygens (including phenoxy) is 1. The molecule has 32 heavy (non-hydrogen) atoms. The molecule has 1 aromatic heterocycles. The van der Waals surface area contributed by atoms with Crippen molar-refractivity contribution in [1.29, 1.82) is 0 Å². The van der Waals surface area contributed by atoms with E-state index in [0.29, 0.717) is 0 Å². The van der Waals surface area contributed by atoms with Crippen molar-refractivity contribution in [3.05, 3.63) is 101 Å². The zero-order chi connectivity index (χ0) is 22.7. The van der Waals surface area contributed by atoms with Gasteiger partial charge in [-0.15, -0.1) is 0 Å². The molecule has 0 unspecified atom stereocenters. The van der Waals surface area contributed by atoms with E-state index in [-0.39, 0.29) is 40.2 Å². The monoisotopic (exact) mass is 432 g/mol. The molecule has 0 aliphatic rings. The van der Waals surface area contributed by atoms with E-state index in [9.17, 15) is 18.8 Å². The highest BCUT2D eigenvalue weighted by atomic mass is 19.1.